The van der Waals surface area contributed by atoms with Gasteiger partial charge >= 0.3 is 0 Å². The van der Waals surface area contributed by atoms with E-state index in [-0.39, 0.29) is 22.8 Å². The number of nitrogens with zero attached hydrogens (tertiary/aromatic N) is 1. The molecule has 4 nitrogen and oxygen atoms in total. The molecule has 0 radical (unpaired) electrons. The second kappa shape index (κ2) is 7.57. The highest BCUT2D eigenvalue weighted by atomic mass is 32.1. The van der Waals surface area contributed by atoms with Crippen LogP contribution < -0.4 is 0 Å². The van der Waals surface area contributed by atoms with Crippen molar-refractivity contribution in [2.24, 2.45) is 0 Å². The van der Waals surface area contributed by atoms with Crippen molar-refractivity contribution in [2.75, 3.05) is 0 Å². The lowest BCUT2D eigenvalue weighted by Crippen LogP contribution is -2.21. The summed E-state index contributed by atoms with van der Waals surface area (Å²) in [5.41, 5.74) is 1.38. The molecule has 1 aliphatic carbocycles. The van der Waals surface area contributed by atoms with Crippen LogP contribution in [0, 0.1) is 5.41 Å². The van der Waals surface area contributed by atoms with Crippen molar-refractivity contribution in [3.63, 3.8) is 0 Å². The molecule has 0 aromatic carbocycles. The van der Waals surface area contributed by atoms with Crippen LogP contribution in [0.5, 0.6) is 0 Å². The highest BCUT2D eigenvalue weighted by Crippen LogP contribution is 2.35. The molecule has 0 aliphatic heterocycles. The molecule has 24 heavy (non-hydrogen) atoms. The lowest BCUT2D eigenvalue weighted by molar-refractivity contribution is 0.0973. The quantitative estimate of drug-likeness (QED) is 0.493. The van der Waals surface area contributed by atoms with E-state index >= 15 is 0 Å². The highest BCUT2D eigenvalue weighted by Gasteiger charge is 2.35. The van der Waals surface area contributed by atoms with Crippen molar-refractivity contribution >= 4 is 34.7 Å². The molecule has 0 saturated heterocycles. The van der Waals surface area contributed by atoms with Gasteiger partial charge in [0.05, 0.1) is 0 Å². The van der Waals surface area contributed by atoms with Gasteiger partial charge in [-0.2, -0.15) is 0 Å². The van der Waals surface area contributed by atoms with E-state index in [0.29, 0.717) is 21.0 Å². The lowest BCUT2D eigenvalue weighted by atomic mass is 9.88. The van der Waals surface area contributed by atoms with Gasteiger partial charge in [0, 0.05) is 22.9 Å². The van der Waals surface area contributed by atoms with Gasteiger partial charge in [0.25, 0.3) is 0 Å². The van der Waals surface area contributed by atoms with Crippen LogP contribution in [0.25, 0.3) is 5.57 Å². The fourth-order valence-corrected chi connectivity index (χ4v) is 3.30. The van der Waals surface area contributed by atoms with Crippen LogP contribution >= 0.6 is 11.3 Å². The van der Waals surface area contributed by atoms with Crippen LogP contribution in [0.2, 0.25) is 0 Å². The molecular formula is C19H16N2O2S. The van der Waals surface area contributed by atoms with Crippen molar-refractivity contribution in [3.8, 4) is 0 Å². The minimum Gasteiger partial charge on any atom is -0.309 e. The second-order valence-corrected chi connectivity index (χ2v) is 5.77. The van der Waals surface area contributed by atoms with Gasteiger partial charge in [-0.3, -0.25) is 9.59 Å². The zero-order chi connectivity index (χ0) is 17.7. The number of nitrogens with one attached hydrogen (secondary N) is 1. The molecule has 1 N–H and O–H groups in total. The predicted molar refractivity (Wildman–Crippen MR) is 98.9 cm³/mol. The van der Waals surface area contributed by atoms with E-state index in [1.165, 1.54) is 24.3 Å². The molecule has 0 atom stereocenters. The van der Waals surface area contributed by atoms with Gasteiger partial charge in [-0.1, -0.05) is 49.6 Å². The Morgan fingerprint density at radius 3 is 2.29 bits per heavy atom. The Morgan fingerprint density at radius 2 is 1.75 bits per heavy atom. The molecule has 0 bridgehead atoms. The molecule has 0 saturated carbocycles. The Balaban J connectivity index is 2.69. The Kier molecular flexibility index (Phi) is 5.50. The molecule has 1 heterocycles. The van der Waals surface area contributed by atoms with Crippen molar-refractivity contribution < 1.29 is 9.59 Å². The Hall–Kier alpha value is -2.92. The van der Waals surface area contributed by atoms with E-state index in [1.54, 1.807) is 12.2 Å². The minimum absolute atomic E-state index is 0.148. The first-order valence-corrected chi connectivity index (χ1v) is 8.00. The lowest BCUT2D eigenvalue weighted by Gasteiger charge is -2.14. The van der Waals surface area contributed by atoms with E-state index < -0.39 is 0 Å². The third kappa shape index (κ3) is 3.07. The molecule has 1 aromatic rings. The maximum atomic E-state index is 12.7. The largest absolute Gasteiger partial charge is 0.309 e. The van der Waals surface area contributed by atoms with Crippen molar-refractivity contribution in [1.29, 1.82) is 5.41 Å². The maximum Gasteiger partial charge on any atom is 0.213 e. The zero-order valence-electron chi connectivity index (χ0n) is 13.2. The van der Waals surface area contributed by atoms with Crippen LogP contribution in [0.1, 0.15) is 32.1 Å². The number of ketones is 2. The summed E-state index contributed by atoms with van der Waals surface area (Å²) in [6.07, 6.45) is 12.3. The zero-order valence-corrected chi connectivity index (χ0v) is 14.0. The second-order valence-electron chi connectivity index (χ2n) is 4.78. The summed E-state index contributed by atoms with van der Waals surface area (Å²) in [7, 11) is 0. The Bertz CT molecular complexity index is 810. The third-order valence-corrected chi connectivity index (χ3v) is 4.36. The van der Waals surface area contributed by atoms with Crippen molar-refractivity contribution in [1.82, 2.24) is 4.98 Å². The molecule has 0 amide bonds. The standard InChI is InChI=1S/C19H16N2O2S/c1-4-7-12(10-11-20)19-21-15-16(22)13(8-5-2)14(9-6-3)17(23)18(15)24-19/h4-11,20H,2-3H2,1H3/b7-4-,12-10+,13-8+,14-9+,20-11?. The highest BCUT2D eigenvalue weighted by molar-refractivity contribution is 7.15. The summed E-state index contributed by atoms with van der Waals surface area (Å²) in [5.74, 6) is -0.564. The Morgan fingerprint density at radius 1 is 1.12 bits per heavy atom. The van der Waals surface area contributed by atoms with Gasteiger partial charge in [-0.25, -0.2) is 4.98 Å². The van der Waals surface area contributed by atoms with Gasteiger partial charge in [0.15, 0.2) is 0 Å². The monoisotopic (exact) mass is 336 g/mol. The van der Waals surface area contributed by atoms with Gasteiger partial charge in [-0.05, 0) is 13.0 Å². The molecule has 0 unspecified atom stereocenters. The molecule has 5 heteroatoms. The summed E-state index contributed by atoms with van der Waals surface area (Å²) in [6, 6.07) is 0. The summed E-state index contributed by atoms with van der Waals surface area (Å²) >= 11 is 1.15. The molecular weight excluding hydrogens is 320 g/mol. The van der Waals surface area contributed by atoms with Gasteiger partial charge in [0.1, 0.15) is 15.6 Å². The average molecular weight is 336 g/mol. The smallest absolute Gasteiger partial charge is 0.213 e. The SMILES string of the molecule is C=C/C=C1/C(=O)c2nc(C(/C=C\C)=C/C=N)sc2C(=O)/C1=C/C=C. The number of carbonyl (C=O) groups excluding carboxylic acids is 2. The van der Waals surface area contributed by atoms with Crippen LogP contribution in [0.4, 0.5) is 0 Å². The fraction of sp³-hybridized carbons (Fsp3) is 0.0526. The summed E-state index contributed by atoms with van der Waals surface area (Å²) in [6.45, 7) is 9.04. The van der Waals surface area contributed by atoms with Gasteiger partial charge in [0.2, 0.25) is 11.6 Å². The van der Waals surface area contributed by atoms with Crippen LogP contribution in [0.15, 0.2) is 66.8 Å². The number of fused-ring (bicyclic) bond motifs is 1. The van der Waals surface area contributed by atoms with E-state index in [9.17, 15) is 9.59 Å². The predicted octanol–water partition coefficient (Wildman–Crippen LogP) is 4.36. The topological polar surface area (TPSA) is 70.9 Å². The van der Waals surface area contributed by atoms with Gasteiger partial charge < -0.3 is 5.41 Å². The molecule has 0 fully saturated rings. The number of carbonyl (C=O) groups is 2. The number of hydrogen-bond donors (Lipinski definition) is 1. The third-order valence-electron chi connectivity index (χ3n) is 3.25. The first-order valence-electron chi connectivity index (χ1n) is 7.18. The van der Waals surface area contributed by atoms with Crippen LogP contribution in [-0.2, 0) is 0 Å². The first-order chi connectivity index (χ1) is 11.6. The average Bonchev–Trinajstić information content (AvgIpc) is 3.01. The number of Topliss-reactive ketones (excluding diaryl/α,β-unsaturated/α-hetero) is 2. The number of rotatable bonds is 5. The van der Waals surface area contributed by atoms with E-state index in [2.05, 4.69) is 18.1 Å². The van der Waals surface area contributed by atoms with Crippen molar-refractivity contribution in [3.05, 3.63) is 82.4 Å². The van der Waals surface area contributed by atoms with Crippen LogP contribution in [0.3, 0.4) is 0 Å². The van der Waals surface area contributed by atoms with Crippen molar-refractivity contribution in [2.45, 2.75) is 6.92 Å². The van der Waals surface area contributed by atoms with E-state index in [0.717, 1.165) is 17.6 Å². The number of thiazole rings is 1. The molecule has 0 spiro atoms. The summed E-state index contributed by atoms with van der Waals surface area (Å²) in [5, 5.41) is 7.77. The van der Waals surface area contributed by atoms with Crippen LogP contribution in [-0.4, -0.2) is 22.8 Å². The summed E-state index contributed by atoms with van der Waals surface area (Å²) < 4.78 is 0. The Labute approximate surface area is 144 Å². The fourth-order valence-electron chi connectivity index (χ4n) is 2.28. The minimum atomic E-state index is -0.310. The van der Waals surface area contributed by atoms with Gasteiger partial charge in [-0.15, -0.1) is 11.3 Å². The number of allylic oxidation sites excluding steroid dienone is 10. The van der Waals surface area contributed by atoms with E-state index in [1.807, 2.05) is 13.0 Å². The number of hydrogen-bond acceptors (Lipinski definition) is 5. The van der Waals surface area contributed by atoms with E-state index in [4.69, 9.17) is 5.41 Å². The normalized spacial score (nSPS) is 18.3. The molecule has 1 aromatic heterocycles. The molecule has 2 rings (SSSR count). The maximum absolute atomic E-state index is 12.7. The molecule has 1 aliphatic rings. The first kappa shape index (κ1) is 17.4. The number of aromatic nitrogens is 1. The summed E-state index contributed by atoms with van der Waals surface area (Å²) in [4.78, 5) is 30.1. The molecule has 120 valence electrons.